The van der Waals surface area contributed by atoms with Crippen LogP contribution in [0.5, 0.6) is 0 Å². The largest absolute Gasteiger partial charge is 0.348 e. The number of rotatable bonds is 4. The van der Waals surface area contributed by atoms with Crippen LogP contribution in [0.1, 0.15) is 25.3 Å². The van der Waals surface area contributed by atoms with E-state index in [0.29, 0.717) is 37.6 Å². The molecule has 2 heterocycles. The molecule has 2 amide bonds. The van der Waals surface area contributed by atoms with Gasteiger partial charge in [0.1, 0.15) is 0 Å². The molecule has 2 aliphatic rings. The third kappa shape index (κ3) is 4.75. The van der Waals surface area contributed by atoms with Gasteiger partial charge < -0.3 is 19.7 Å². The van der Waals surface area contributed by atoms with Crippen LogP contribution < -0.4 is 5.32 Å². The number of carbonyl (C=O) groups is 1. The van der Waals surface area contributed by atoms with Gasteiger partial charge >= 0.3 is 6.03 Å². The van der Waals surface area contributed by atoms with Gasteiger partial charge in [0.15, 0.2) is 15.6 Å². The van der Waals surface area contributed by atoms with E-state index in [1.807, 2.05) is 6.92 Å². The standard InChI is InChI=1S/C18H26N2O5S/c1-18(24-10-11-25-18)15-6-8-20(9-7-15)17(21)19-16-5-3-4-14(12-16)13-26(2,22)23/h3-5,12,15H,6-11,13H2,1-2H3,(H,19,21). The van der Waals surface area contributed by atoms with Crippen molar-refractivity contribution in [3.05, 3.63) is 29.8 Å². The maximum atomic E-state index is 12.5. The Morgan fingerprint density at radius 3 is 2.54 bits per heavy atom. The number of sulfone groups is 1. The molecular formula is C18H26N2O5S. The van der Waals surface area contributed by atoms with E-state index in [9.17, 15) is 13.2 Å². The van der Waals surface area contributed by atoms with Gasteiger partial charge in [0.25, 0.3) is 0 Å². The van der Waals surface area contributed by atoms with Crippen LogP contribution in [-0.2, 0) is 25.1 Å². The molecule has 1 aromatic carbocycles. The van der Waals surface area contributed by atoms with Gasteiger partial charge in [-0.2, -0.15) is 0 Å². The molecule has 0 aliphatic carbocycles. The molecule has 0 atom stereocenters. The average Bonchev–Trinajstić information content (AvgIpc) is 3.02. The van der Waals surface area contributed by atoms with Crippen molar-refractivity contribution in [3.63, 3.8) is 0 Å². The van der Waals surface area contributed by atoms with Gasteiger partial charge in [0, 0.05) is 31.0 Å². The highest BCUT2D eigenvalue weighted by atomic mass is 32.2. The van der Waals surface area contributed by atoms with Crippen LogP contribution in [0.3, 0.4) is 0 Å². The zero-order valence-corrected chi connectivity index (χ0v) is 16.0. The Balaban J connectivity index is 1.55. The summed E-state index contributed by atoms with van der Waals surface area (Å²) in [5.74, 6) is -0.282. The van der Waals surface area contributed by atoms with Gasteiger partial charge in [0.05, 0.1) is 19.0 Å². The highest BCUT2D eigenvalue weighted by Crippen LogP contribution is 2.35. The van der Waals surface area contributed by atoms with Crippen LogP contribution in [0, 0.1) is 5.92 Å². The maximum absolute atomic E-state index is 12.5. The topological polar surface area (TPSA) is 84.9 Å². The fraction of sp³-hybridized carbons (Fsp3) is 0.611. The molecule has 2 saturated heterocycles. The number of nitrogens with one attached hydrogen (secondary N) is 1. The molecule has 1 N–H and O–H groups in total. The number of urea groups is 1. The molecule has 0 aromatic heterocycles. The van der Waals surface area contributed by atoms with Crippen molar-refractivity contribution < 1.29 is 22.7 Å². The van der Waals surface area contributed by atoms with Crippen molar-refractivity contribution in [2.24, 2.45) is 5.92 Å². The number of benzene rings is 1. The van der Waals surface area contributed by atoms with Gasteiger partial charge in [-0.3, -0.25) is 0 Å². The van der Waals surface area contributed by atoms with E-state index < -0.39 is 15.6 Å². The van der Waals surface area contributed by atoms with Gasteiger partial charge in [0.2, 0.25) is 0 Å². The zero-order valence-electron chi connectivity index (χ0n) is 15.2. The SMILES string of the molecule is CC1(C2CCN(C(=O)Nc3cccc(CS(C)(=O)=O)c3)CC2)OCCO1. The molecule has 7 nitrogen and oxygen atoms in total. The van der Waals surface area contributed by atoms with Crippen molar-refractivity contribution in [1.82, 2.24) is 4.90 Å². The molecule has 8 heteroatoms. The molecule has 0 bridgehead atoms. The van der Waals surface area contributed by atoms with Gasteiger partial charge in [-0.15, -0.1) is 0 Å². The lowest BCUT2D eigenvalue weighted by Gasteiger charge is -2.38. The monoisotopic (exact) mass is 382 g/mol. The van der Waals surface area contributed by atoms with E-state index in [2.05, 4.69) is 5.32 Å². The Bertz CT molecular complexity index is 751. The molecular weight excluding hydrogens is 356 g/mol. The predicted molar refractivity (Wildman–Crippen MR) is 98.6 cm³/mol. The van der Waals surface area contributed by atoms with Crippen molar-refractivity contribution >= 4 is 21.6 Å². The summed E-state index contributed by atoms with van der Waals surface area (Å²) in [6, 6.07) is 6.78. The number of likely N-dealkylation sites (tertiary alicyclic amines) is 1. The number of anilines is 1. The summed E-state index contributed by atoms with van der Waals surface area (Å²) in [6.07, 6.45) is 2.86. The Kier molecular flexibility index (Phi) is 5.55. The third-order valence-electron chi connectivity index (χ3n) is 4.99. The molecule has 3 rings (SSSR count). The van der Waals surface area contributed by atoms with E-state index in [1.54, 1.807) is 29.2 Å². The normalized spacial score (nSPS) is 20.9. The third-order valence-corrected chi connectivity index (χ3v) is 5.85. The summed E-state index contributed by atoms with van der Waals surface area (Å²) >= 11 is 0. The minimum Gasteiger partial charge on any atom is -0.348 e. The van der Waals surface area contributed by atoms with E-state index in [0.717, 1.165) is 12.8 Å². The Hall–Kier alpha value is -1.64. The Labute approximate surface area is 154 Å². The Morgan fingerprint density at radius 2 is 1.92 bits per heavy atom. The summed E-state index contributed by atoms with van der Waals surface area (Å²) in [6.45, 7) is 4.51. The fourth-order valence-electron chi connectivity index (χ4n) is 3.62. The highest BCUT2D eigenvalue weighted by Gasteiger charge is 2.41. The summed E-state index contributed by atoms with van der Waals surface area (Å²) in [7, 11) is -3.11. The lowest BCUT2D eigenvalue weighted by molar-refractivity contribution is -0.189. The maximum Gasteiger partial charge on any atom is 0.321 e. The van der Waals surface area contributed by atoms with Crippen molar-refractivity contribution in [2.45, 2.75) is 31.3 Å². The first kappa shape index (κ1) is 19.1. The van der Waals surface area contributed by atoms with E-state index in [-0.39, 0.29) is 17.7 Å². The van der Waals surface area contributed by atoms with Crippen LogP contribution in [0.25, 0.3) is 0 Å². The molecule has 144 valence electrons. The summed E-state index contributed by atoms with van der Waals surface area (Å²) in [5, 5.41) is 2.86. The van der Waals surface area contributed by atoms with Gasteiger partial charge in [-0.05, 0) is 37.5 Å². The number of nitrogens with zero attached hydrogens (tertiary/aromatic N) is 1. The summed E-state index contributed by atoms with van der Waals surface area (Å²) < 4.78 is 34.3. The molecule has 0 spiro atoms. The fourth-order valence-corrected chi connectivity index (χ4v) is 4.40. The number of piperidine rings is 1. The van der Waals surface area contributed by atoms with Crippen molar-refractivity contribution in [1.29, 1.82) is 0 Å². The molecule has 2 aliphatic heterocycles. The quantitative estimate of drug-likeness (QED) is 0.863. The number of ether oxygens (including phenoxy) is 2. The minimum absolute atomic E-state index is 0.0410. The van der Waals surface area contributed by atoms with Crippen LogP contribution >= 0.6 is 0 Å². The first-order valence-corrected chi connectivity index (χ1v) is 10.9. The second-order valence-corrected chi connectivity index (χ2v) is 9.32. The average molecular weight is 382 g/mol. The van der Waals surface area contributed by atoms with Gasteiger partial charge in [-0.1, -0.05) is 12.1 Å². The molecule has 0 saturated carbocycles. The van der Waals surface area contributed by atoms with E-state index in [4.69, 9.17) is 9.47 Å². The first-order valence-electron chi connectivity index (χ1n) is 8.86. The zero-order chi connectivity index (χ0) is 18.8. The second-order valence-electron chi connectivity index (χ2n) is 7.17. The number of hydrogen-bond donors (Lipinski definition) is 1. The number of hydrogen-bond acceptors (Lipinski definition) is 5. The van der Waals surface area contributed by atoms with E-state index >= 15 is 0 Å². The Morgan fingerprint density at radius 1 is 1.27 bits per heavy atom. The first-order chi connectivity index (χ1) is 12.3. The molecule has 0 unspecified atom stereocenters. The second kappa shape index (κ2) is 7.54. The molecule has 26 heavy (non-hydrogen) atoms. The molecule has 1 aromatic rings. The minimum atomic E-state index is -3.11. The van der Waals surface area contributed by atoms with Crippen molar-refractivity contribution in [3.8, 4) is 0 Å². The van der Waals surface area contributed by atoms with Crippen LogP contribution in [0.15, 0.2) is 24.3 Å². The van der Waals surface area contributed by atoms with Crippen LogP contribution in [0.2, 0.25) is 0 Å². The lowest BCUT2D eigenvalue weighted by atomic mass is 9.89. The van der Waals surface area contributed by atoms with Crippen LogP contribution in [0.4, 0.5) is 10.5 Å². The molecule has 0 radical (unpaired) electrons. The highest BCUT2D eigenvalue weighted by molar-refractivity contribution is 7.89. The van der Waals surface area contributed by atoms with Crippen LogP contribution in [-0.4, -0.2) is 57.7 Å². The van der Waals surface area contributed by atoms with Crippen molar-refractivity contribution in [2.75, 3.05) is 37.9 Å². The number of carbonyl (C=O) groups excluding carboxylic acids is 1. The van der Waals surface area contributed by atoms with Gasteiger partial charge in [-0.25, -0.2) is 13.2 Å². The smallest absolute Gasteiger partial charge is 0.321 e. The summed E-state index contributed by atoms with van der Waals surface area (Å²) in [4.78, 5) is 14.3. The number of amides is 2. The predicted octanol–water partition coefficient (Wildman–Crippen LogP) is 2.24. The molecule has 2 fully saturated rings. The lowest BCUT2D eigenvalue weighted by Crippen LogP contribution is -2.47. The summed E-state index contributed by atoms with van der Waals surface area (Å²) in [5.41, 5.74) is 1.26. The van der Waals surface area contributed by atoms with E-state index in [1.165, 1.54) is 6.26 Å².